The summed E-state index contributed by atoms with van der Waals surface area (Å²) in [6, 6.07) is 2.84. The number of anilines is 1. The van der Waals surface area contributed by atoms with Gasteiger partial charge in [-0.25, -0.2) is 22.2 Å². The smallest absolute Gasteiger partial charge is 0.290 e. The SMILES string of the molecule is O=CO.O=S(=O)(Nc1cscn1)c1c(F)cccc1F. The highest BCUT2D eigenvalue weighted by atomic mass is 32.2. The van der Waals surface area contributed by atoms with Gasteiger partial charge in [0.25, 0.3) is 16.5 Å². The van der Waals surface area contributed by atoms with Crippen LogP contribution in [0.25, 0.3) is 0 Å². The van der Waals surface area contributed by atoms with Crippen LogP contribution < -0.4 is 4.72 Å². The molecule has 0 spiro atoms. The molecule has 2 N–H and O–H groups in total. The van der Waals surface area contributed by atoms with Gasteiger partial charge in [0.1, 0.15) is 11.6 Å². The highest BCUT2D eigenvalue weighted by molar-refractivity contribution is 7.92. The molecule has 0 aliphatic heterocycles. The van der Waals surface area contributed by atoms with Crippen molar-refractivity contribution in [3.05, 3.63) is 40.7 Å². The van der Waals surface area contributed by atoms with Crippen LogP contribution in [0.5, 0.6) is 0 Å². The fraction of sp³-hybridized carbons (Fsp3) is 0. The summed E-state index contributed by atoms with van der Waals surface area (Å²) in [7, 11) is -4.30. The van der Waals surface area contributed by atoms with E-state index in [0.717, 1.165) is 29.5 Å². The number of carboxylic acid groups (broad SMARTS) is 1. The summed E-state index contributed by atoms with van der Waals surface area (Å²) in [5, 5.41) is 8.30. The summed E-state index contributed by atoms with van der Waals surface area (Å²) in [6.45, 7) is -0.250. The fourth-order valence-corrected chi connectivity index (χ4v) is 2.89. The fourth-order valence-electron chi connectivity index (χ4n) is 1.19. The van der Waals surface area contributed by atoms with Crippen molar-refractivity contribution >= 4 is 33.7 Å². The zero-order valence-electron chi connectivity index (χ0n) is 9.66. The normalized spacial score (nSPS) is 10.3. The second kappa shape index (κ2) is 6.91. The molecular weight excluding hydrogens is 314 g/mol. The third-order valence-corrected chi connectivity index (χ3v) is 3.85. The van der Waals surface area contributed by atoms with Gasteiger partial charge in [0, 0.05) is 5.38 Å². The zero-order valence-corrected chi connectivity index (χ0v) is 11.3. The van der Waals surface area contributed by atoms with Gasteiger partial charge < -0.3 is 5.11 Å². The first-order chi connectivity index (χ1) is 9.42. The van der Waals surface area contributed by atoms with Crippen LogP contribution in [0.2, 0.25) is 0 Å². The molecule has 0 aliphatic rings. The predicted molar refractivity (Wildman–Crippen MR) is 68.0 cm³/mol. The van der Waals surface area contributed by atoms with E-state index in [9.17, 15) is 17.2 Å². The number of hydrogen-bond donors (Lipinski definition) is 2. The maximum absolute atomic E-state index is 13.3. The van der Waals surface area contributed by atoms with Crippen molar-refractivity contribution in [3.63, 3.8) is 0 Å². The minimum Gasteiger partial charge on any atom is -0.483 e. The Labute approximate surface area is 116 Å². The molecule has 2 rings (SSSR count). The molecule has 2 aromatic rings. The van der Waals surface area contributed by atoms with Crippen molar-refractivity contribution in [1.29, 1.82) is 0 Å². The van der Waals surface area contributed by atoms with Crippen LogP contribution in [-0.2, 0) is 14.8 Å². The minimum atomic E-state index is -4.30. The lowest BCUT2D eigenvalue weighted by molar-refractivity contribution is -0.122. The topological polar surface area (TPSA) is 96.4 Å². The molecule has 0 aliphatic carbocycles. The van der Waals surface area contributed by atoms with Gasteiger partial charge in [-0.05, 0) is 12.1 Å². The zero-order chi connectivity index (χ0) is 15.2. The number of carbonyl (C=O) groups is 1. The van der Waals surface area contributed by atoms with Crippen molar-refractivity contribution in [2.45, 2.75) is 4.90 Å². The Morgan fingerprint density at radius 3 is 2.30 bits per heavy atom. The van der Waals surface area contributed by atoms with Crippen LogP contribution in [0.1, 0.15) is 0 Å². The van der Waals surface area contributed by atoms with E-state index in [2.05, 4.69) is 4.98 Å². The van der Waals surface area contributed by atoms with E-state index in [4.69, 9.17) is 9.90 Å². The van der Waals surface area contributed by atoms with E-state index < -0.39 is 26.6 Å². The number of thiazole rings is 1. The molecule has 0 amide bonds. The van der Waals surface area contributed by atoms with Crippen molar-refractivity contribution < 1.29 is 27.1 Å². The molecule has 10 heteroatoms. The minimum absolute atomic E-state index is 0.0256. The summed E-state index contributed by atoms with van der Waals surface area (Å²) in [6.07, 6.45) is 0. The molecule has 0 saturated carbocycles. The Bertz CT molecular complexity index is 654. The number of aromatic nitrogens is 1. The average molecular weight is 322 g/mol. The third-order valence-electron chi connectivity index (χ3n) is 1.86. The van der Waals surface area contributed by atoms with E-state index in [1.807, 2.05) is 4.72 Å². The first-order valence-corrected chi connectivity index (χ1v) is 7.28. The van der Waals surface area contributed by atoms with Crippen molar-refractivity contribution in [2.75, 3.05) is 4.72 Å². The van der Waals surface area contributed by atoms with Gasteiger partial charge in [0.2, 0.25) is 0 Å². The predicted octanol–water partition coefficient (Wildman–Crippen LogP) is 1.92. The number of rotatable bonds is 3. The summed E-state index contributed by atoms with van der Waals surface area (Å²) >= 11 is 1.16. The van der Waals surface area contributed by atoms with Gasteiger partial charge in [-0.3, -0.25) is 9.52 Å². The molecule has 0 fully saturated rings. The Balaban J connectivity index is 0.000000612. The quantitative estimate of drug-likeness (QED) is 0.842. The van der Waals surface area contributed by atoms with Crippen LogP contribution in [0, 0.1) is 11.6 Å². The van der Waals surface area contributed by atoms with Gasteiger partial charge in [0.05, 0.1) is 5.51 Å². The largest absolute Gasteiger partial charge is 0.483 e. The van der Waals surface area contributed by atoms with Gasteiger partial charge in [-0.1, -0.05) is 6.07 Å². The maximum Gasteiger partial charge on any atom is 0.290 e. The van der Waals surface area contributed by atoms with E-state index >= 15 is 0 Å². The molecule has 108 valence electrons. The van der Waals surface area contributed by atoms with Gasteiger partial charge >= 0.3 is 0 Å². The standard InChI is InChI=1S/C9H6F2N2O2S2.CH2O2/c10-6-2-1-3-7(11)9(6)17(14,15)13-8-4-16-5-12-8;2-1-3/h1-5,13H;1H,(H,2,3). The Hall–Kier alpha value is -2.07. The van der Waals surface area contributed by atoms with Crippen LogP contribution in [0.3, 0.4) is 0 Å². The molecule has 0 saturated heterocycles. The van der Waals surface area contributed by atoms with Crippen LogP contribution in [-0.4, -0.2) is 25.0 Å². The molecule has 0 radical (unpaired) electrons. The van der Waals surface area contributed by atoms with Gasteiger partial charge in [0.15, 0.2) is 10.7 Å². The summed E-state index contributed by atoms with van der Waals surface area (Å²) in [4.78, 5) is 11.0. The molecule has 6 nitrogen and oxygen atoms in total. The maximum atomic E-state index is 13.3. The molecule has 1 aromatic carbocycles. The molecular formula is C10H8F2N2O4S2. The number of hydrogen-bond acceptors (Lipinski definition) is 5. The summed E-state index contributed by atoms with van der Waals surface area (Å²) < 4.78 is 52.0. The van der Waals surface area contributed by atoms with Crippen molar-refractivity contribution in [3.8, 4) is 0 Å². The number of benzene rings is 1. The van der Waals surface area contributed by atoms with Crippen LogP contribution in [0.4, 0.5) is 14.6 Å². The van der Waals surface area contributed by atoms with E-state index in [1.54, 1.807) is 0 Å². The molecule has 20 heavy (non-hydrogen) atoms. The summed E-state index contributed by atoms with van der Waals surface area (Å²) in [5.74, 6) is -2.27. The number of nitrogens with one attached hydrogen (secondary N) is 1. The Morgan fingerprint density at radius 1 is 1.30 bits per heavy atom. The van der Waals surface area contributed by atoms with Crippen LogP contribution in [0.15, 0.2) is 34.0 Å². The second-order valence-electron chi connectivity index (χ2n) is 3.14. The van der Waals surface area contributed by atoms with E-state index in [-0.39, 0.29) is 12.3 Å². The third kappa shape index (κ3) is 3.96. The number of sulfonamides is 1. The van der Waals surface area contributed by atoms with E-state index in [1.165, 1.54) is 10.9 Å². The summed E-state index contributed by atoms with van der Waals surface area (Å²) in [5.41, 5.74) is 1.40. The first kappa shape index (κ1) is 16.0. The number of nitrogens with zero attached hydrogens (tertiary/aromatic N) is 1. The lowest BCUT2D eigenvalue weighted by atomic mass is 10.3. The van der Waals surface area contributed by atoms with Crippen LogP contribution >= 0.6 is 11.3 Å². The molecule has 0 unspecified atom stereocenters. The first-order valence-electron chi connectivity index (χ1n) is 4.85. The van der Waals surface area contributed by atoms with Crippen molar-refractivity contribution in [1.82, 2.24) is 4.98 Å². The highest BCUT2D eigenvalue weighted by Crippen LogP contribution is 2.21. The van der Waals surface area contributed by atoms with Gasteiger partial charge in [-0.2, -0.15) is 0 Å². The lowest BCUT2D eigenvalue weighted by Gasteiger charge is -2.07. The monoisotopic (exact) mass is 322 g/mol. The Kier molecular flexibility index (Phi) is 5.53. The lowest BCUT2D eigenvalue weighted by Crippen LogP contribution is -2.16. The van der Waals surface area contributed by atoms with Crippen molar-refractivity contribution in [2.24, 2.45) is 0 Å². The molecule has 0 bridgehead atoms. The number of halogens is 2. The Morgan fingerprint density at radius 2 is 1.85 bits per heavy atom. The second-order valence-corrected chi connectivity index (χ2v) is 5.47. The van der Waals surface area contributed by atoms with E-state index in [0.29, 0.717) is 0 Å². The van der Waals surface area contributed by atoms with Gasteiger partial charge in [-0.15, -0.1) is 11.3 Å². The average Bonchev–Trinajstić information content (AvgIpc) is 2.81. The highest BCUT2D eigenvalue weighted by Gasteiger charge is 2.24. The molecule has 0 atom stereocenters. The molecule has 1 heterocycles. The molecule has 1 aromatic heterocycles.